The van der Waals surface area contributed by atoms with E-state index >= 15 is 0 Å². The van der Waals surface area contributed by atoms with Gasteiger partial charge in [-0.3, -0.25) is 9.59 Å². The molecule has 0 unspecified atom stereocenters. The van der Waals surface area contributed by atoms with Gasteiger partial charge in [0.2, 0.25) is 5.91 Å². The Balaban J connectivity index is 2.38. The zero-order valence-electron chi connectivity index (χ0n) is 11.0. The second kappa shape index (κ2) is 7.36. The smallest absolute Gasteiger partial charge is 0.311 e. The second-order valence-electron chi connectivity index (χ2n) is 4.98. The van der Waals surface area contributed by atoms with E-state index in [9.17, 15) is 14.7 Å². The fraction of sp³-hybridized carbons (Fsp3) is 0.846. The van der Waals surface area contributed by atoms with E-state index in [1.165, 1.54) is 0 Å². The molecule has 0 saturated heterocycles. The maximum absolute atomic E-state index is 11.5. The molecule has 1 rings (SSSR count). The van der Waals surface area contributed by atoms with Gasteiger partial charge in [0.15, 0.2) is 0 Å². The molecule has 1 aliphatic carbocycles. The number of rotatable bonds is 7. The predicted molar refractivity (Wildman–Crippen MR) is 67.3 cm³/mol. The van der Waals surface area contributed by atoms with E-state index < -0.39 is 11.4 Å². The first-order chi connectivity index (χ1) is 8.60. The average molecular weight is 257 g/mol. The van der Waals surface area contributed by atoms with Crippen LogP contribution in [0.5, 0.6) is 0 Å². The highest BCUT2D eigenvalue weighted by atomic mass is 16.5. The quantitative estimate of drug-likeness (QED) is 0.679. The zero-order chi connectivity index (χ0) is 13.4. The van der Waals surface area contributed by atoms with Crippen molar-refractivity contribution in [3.63, 3.8) is 0 Å². The first-order valence-corrected chi connectivity index (χ1v) is 6.68. The van der Waals surface area contributed by atoms with Gasteiger partial charge in [-0.05, 0) is 19.3 Å². The Morgan fingerprint density at radius 3 is 2.50 bits per heavy atom. The van der Waals surface area contributed by atoms with E-state index in [-0.39, 0.29) is 19.1 Å². The summed E-state index contributed by atoms with van der Waals surface area (Å²) in [6.45, 7) is 2.76. The minimum Gasteiger partial charge on any atom is -0.481 e. The largest absolute Gasteiger partial charge is 0.481 e. The van der Waals surface area contributed by atoms with Gasteiger partial charge in [-0.2, -0.15) is 0 Å². The lowest BCUT2D eigenvalue weighted by molar-refractivity contribution is -0.151. The van der Waals surface area contributed by atoms with Gasteiger partial charge in [-0.15, -0.1) is 0 Å². The minimum atomic E-state index is -0.794. The lowest BCUT2D eigenvalue weighted by atomic mass is 9.74. The molecule has 0 bridgehead atoms. The SMILES string of the molecule is CCCOCC(=O)NCC1(C(=O)O)CCCCC1. The van der Waals surface area contributed by atoms with E-state index in [0.29, 0.717) is 19.4 Å². The molecule has 0 aromatic heterocycles. The summed E-state index contributed by atoms with van der Waals surface area (Å²) in [5.74, 6) is -1.02. The van der Waals surface area contributed by atoms with Crippen LogP contribution in [0.15, 0.2) is 0 Å². The molecule has 5 heteroatoms. The van der Waals surface area contributed by atoms with Crippen LogP contribution < -0.4 is 5.32 Å². The molecular formula is C13H23NO4. The van der Waals surface area contributed by atoms with Crippen molar-refractivity contribution in [1.82, 2.24) is 5.32 Å². The highest BCUT2D eigenvalue weighted by Gasteiger charge is 2.39. The Bertz CT molecular complexity index is 285. The normalized spacial score (nSPS) is 18.3. The topological polar surface area (TPSA) is 75.6 Å². The van der Waals surface area contributed by atoms with Gasteiger partial charge in [0.25, 0.3) is 0 Å². The number of hydrogen-bond acceptors (Lipinski definition) is 3. The van der Waals surface area contributed by atoms with Crippen molar-refractivity contribution in [2.75, 3.05) is 19.8 Å². The second-order valence-corrected chi connectivity index (χ2v) is 4.98. The van der Waals surface area contributed by atoms with Crippen molar-refractivity contribution in [2.24, 2.45) is 5.41 Å². The van der Waals surface area contributed by atoms with Crippen LogP contribution in [-0.4, -0.2) is 36.7 Å². The summed E-state index contributed by atoms with van der Waals surface area (Å²) in [5.41, 5.74) is -0.765. The number of nitrogens with one attached hydrogen (secondary N) is 1. The number of aliphatic carboxylic acids is 1. The van der Waals surface area contributed by atoms with Gasteiger partial charge in [-0.25, -0.2) is 0 Å². The molecule has 18 heavy (non-hydrogen) atoms. The van der Waals surface area contributed by atoms with Crippen molar-refractivity contribution in [2.45, 2.75) is 45.4 Å². The average Bonchev–Trinajstić information content (AvgIpc) is 2.37. The zero-order valence-corrected chi connectivity index (χ0v) is 11.0. The van der Waals surface area contributed by atoms with Crippen LogP contribution in [0.2, 0.25) is 0 Å². The lowest BCUT2D eigenvalue weighted by Gasteiger charge is -2.33. The molecule has 0 spiro atoms. The summed E-state index contributed by atoms with van der Waals surface area (Å²) in [6, 6.07) is 0. The highest BCUT2D eigenvalue weighted by Crippen LogP contribution is 2.35. The van der Waals surface area contributed by atoms with Gasteiger partial charge in [0.1, 0.15) is 6.61 Å². The summed E-state index contributed by atoms with van der Waals surface area (Å²) < 4.78 is 5.12. The van der Waals surface area contributed by atoms with Crippen molar-refractivity contribution in [1.29, 1.82) is 0 Å². The molecule has 0 radical (unpaired) electrons. The minimum absolute atomic E-state index is 0.0174. The number of carbonyl (C=O) groups is 2. The number of ether oxygens (including phenoxy) is 1. The summed E-state index contributed by atoms with van der Waals surface area (Å²) in [6.07, 6.45) is 5.11. The van der Waals surface area contributed by atoms with Crippen molar-refractivity contribution in [3.05, 3.63) is 0 Å². The fourth-order valence-corrected chi connectivity index (χ4v) is 2.32. The van der Waals surface area contributed by atoms with Crippen molar-refractivity contribution in [3.8, 4) is 0 Å². The lowest BCUT2D eigenvalue weighted by Crippen LogP contribution is -2.45. The molecule has 0 aliphatic heterocycles. The van der Waals surface area contributed by atoms with E-state index in [4.69, 9.17) is 4.74 Å². The Kier molecular flexibility index (Phi) is 6.12. The number of carboxylic acids is 1. The third kappa shape index (κ3) is 4.29. The van der Waals surface area contributed by atoms with Crippen molar-refractivity contribution >= 4 is 11.9 Å². The summed E-state index contributed by atoms with van der Waals surface area (Å²) in [7, 11) is 0. The number of amides is 1. The molecule has 1 amide bonds. The molecule has 5 nitrogen and oxygen atoms in total. The maximum atomic E-state index is 11.5. The molecule has 104 valence electrons. The summed E-state index contributed by atoms with van der Waals surface area (Å²) in [4.78, 5) is 22.9. The molecule has 0 heterocycles. The van der Waals surface area contributed by atoms with E-state index in [1.807, 2.05) is 6.92 Å². The van der Waals surface area contributed by atoms with Crippen LogP contribution in [-0.2, 0) is 14.3 Å². The predicted octanol–water partition coefficient (Wildman–Crippen LogP) is 1.56. The summed E-state index contributed by atoms with van der Waals surface area (Å²) >= 11 is 0. The molecule has 0 aromatic rings. The van der Waals surface area contributed by atoms with Gasteiger partial charge >= 0.3 is 5.97 Å². The van der Waals surface area contributed by atoms with E-state index in [1.54, 1.807) is 0 Å². The van der Waals surface area contributed by atoms with Crippen LogP contribution in [0, 0.1) is 5.41 Å². The van der Waals surface area contributed by atoms with Gasteiger partial charge in [0.05, 0.1) is 5.41 Å². The monoisotopic (exact) mass is 257 g/mol. The fourth-order valence-electron chi connectivity index (χ4n) is 2.32. The highest BCUT2D eigenvalue weighted by molar-refractivity contribution is 5.79. The standard InChI is InChI=1S/C13H23NO4/c1-2-8-18-9-11(15)14-10-13(12(16)17)6-4-3-5-7-13/h2-10H2,1H3,(H,14,15)(H,16,17). The van der Waals surface area contributed by atoms with Gasteiger partial charge < -0.3 is 15.2 Å². The molecule has 2 N–H and O–H groups in total. The van der Waals surface area contributed by atoms with Crippen LogP contribution >= 0.6 is 0 Å². The van der Waals surface area contributed by atoms with E-state index in [2.05, 4.69) is 5.32 Å². The Labute approximate surface area is 108 Å². The summed E-state index contributed by atoms with van der Waals surface area (Å²) in [5, 5.41) is 12.0. The van der Waals surface area contributed by atoms with Crippen molar-refractivity contribution < 1.29 is 19.4 Å². The Morgan fingerprint density at radius 1 is 1.28 bits per heavy atom. The van der Waals surface area contributed by atoms with Gasteiger partial charge in [0, 0.05) is 13.2 Å². The van der Waals surface area contributed by atoms with Crippen LogP contribution in [0.25, 0.3) is 0 Å². The Hall–Kier alpha value is -1.10. The number of carbonyl (C=O) groups excluding carboxylic acids is 1. The Morgan fingerprint density at radius 2 is 1.94 bits per heavy atom. The number of carboxylic acid groups (broad SMARTS) is 1. The molecular weight excluding hydrogens is 234 g/mol. The number of hydrogen-bond donors (Lipinski definition) is 2. The van der Waals surface area contributed by atoms with Gasteiger partial charge in [-0.1, -0.05) is 26.2 Å². The third-order valence-electron chi connectivity index (χ3n) is 3.47. The molecule has 1 aliphatic rings. The van der Waals surface area contributed by atoms with E-state index in [0.717, 1.165) is 25.7 Å². The van der Waals surface area contributed by atoms with Crippen LogP contribution in [0.4, 0.5) is 0 Å². The molecule has 0 atom stereocenters. The first-order valence-electron chi connectivity index (χ1n) is 6.68. The molecule has 1 saturated carbocycles. The van der Waals surface area contributed by atoms with Crippen LogP contribution in [0.3, 0.4) is 0 Å². The van der Waals surface area contributed by atoms with Crippen LogP contribution in [0.1, 0.15) is 45.4 Å². The maximum Gasteiger partial charge on any atom is 0.311 e. The third-order valence-corrected chi connectivity index (χ3v) is 3.47. The molecule has 1 fully saturated rings. The first kappa shape index (κ1) is 15.0. The molecule has 0 aromatic carbocycles.